The van der Waals surface area contributed by atoms with E-state index in [2.05, 4.69) is 13.2 Å². The fourth-order valence-corrected chi connectivity index (χ4v) is 8.98. The second kappa shape index (κ2) is 12.2. The standard InChI is InChI=1S/C42H28NO6P/c1-3-38(44)47-35-26-37(50(46)36-22-14-12-20-31(36)30-19-11-13-21-34(30)49-50)42(48-39(45)4-2)40-32-25-28(27-15-7-5-8-16-27)23-24-33(32)43(41(35)40)29-17-9-6-10-18-29/h3-26H,1-2H2. The smallest absolute Gasteiger partial charge is 0.335 e. The third kappa shape index (κ3) is 4.95. The van der Waals surface area contributed by atoms with Gasteiger partial charge in [0, 0.05) is 34.9 Å². The molecule has 0 aliphatic carbocycles. The number of para-hydroxylation sites is 2. The maximum Gasteiger partial charge on any atom is 0.335 e. The van der Waals surface area contributed by atoms with Crippen molar-refractivity contribution in [1.29, 1.82) is 0 Å². The number of carbonyl (C=O) groups is 2. The molecule has 7 nitrogen and oxygen atoms in total. The van der Waals surface area contributed by atoms with Crippen LogP contribution in [0.3, 0.4) is 0 Å². The van der Waals surface area contributed by atoms with Crippen molar-refractivity contribution >= 4 is 51.7 Å². The van der Waals surface area contributed by atoms with Crippen molar-refractivity contribution in [2.75, 3.05) is 0 Å². The quantitative estimate of drug-likeness (QED) is 0.0728. The molecule has 242 valence electrons. The summed E-state index contributed by atoms with van der Waals surface area (Å²) < 4.78 is 36.3. The van der Waals surface area contributed by atoms with Gasteiger partial charge in [0.1, 0.15) is 11.3 Å². The first-order chi connectivity index (χ1) is 24.4. The molecule has 2 heterocycles. The zero-order valence-corrected chi connectivity index (χ0v) is 27.5. The Balaban J connectivity index is 1.57. The van der Waals surface area contributed by atoms with Crippen LogP contribution < -0.4 is 24.6 Å². The van der Waals surface area contributed by atoms with Crippen LogP contribution in [0, 0.1) is 0 Å². The highest BCUT2D eigenvalue weighted by atomic mass is 31.2. The van der Waals surface area contributed by atoms with Gasteiger partial charge in [0.15, 0.2) is 11.5 Å². The summed E-state index contributed by atoms with van der Waals surface area (Å²) >= 11 is 0. The molecule has 1 aliphatic rings. The van der Waals surface area contributed by atoms with E-state index in [-0.39, 0.29) is 16.8 Å². The Morgan fingerprint density at radius 1 is 0.660 bits per heavy atom. The third-order valence-corrected chi connectivity index (χ3v) is 11.2. The highest BCUT2D eigenvalue weighted by Gasteiger charge is 2.42. The lowest BCUT2D eigenvalue weighted by molar-refractivity contribution is -0.129. The number of rotatable bonds is 7. The summed E-state index contributed by atoms with van der Waals surface area (Å²) in [6.07, 6.45) is 2.11. The van der Waals surface area contributed by atoms with Crippen molar-refractivity contribution in [2.45, 2.75) is 0 Å². The van der Waals surface area contributed by atoms with Gasteiger partial charge in [0.2, 0.25) is 0 Å². The Labute approximate surface area is 287 Å². The van der Waals surface area contributed by atoms with E-state index in [0.717, 1.165) is 40.0 Å². The molecule has 0 radical (unpaired) electrons. The van der Waals surface area contributed by atoms with E-state index < -0.39 is 19.3 Å². The van der Waals surface area contributed by atoms with Crippen molar-refractivity contribution in [3.05, 3.63) is 159 Å². The minimum Gasteiger partial charge on any atom is -0.436 e. The van der Waals surface area contributed by atoms with Crippen LogP contribution in [-0.2, 0) is 14.2 Å². The van der Waals surface area contributed by atoms with Crippen LogP contribution in [0.25, 0.3) is 49.7 Å². The Morgan fingerprint density at radius 3 is 2.04 bits per heavy atom. The number of aromatic nitrogens is 1. The van der Waals surface area contributed by atoms with Gasteiger partial charge in [-0.05, 0) is 53.1 Å². The molecule has 0 bridgehead atoms. The topological polar surface area (TPSA) is 83.8 Å². The number of carbonyl (C=O) groups excluding carboxylic acids is 2. The molecule has 0 N–H and O–H groups in total. The summed E-state index contributed by atoms with van der Waals surface area (Å²) in [5.74, 6) is -1.00. The second-order valence-corrected chi connectivity index (χ2v) is 13.9. The first-order valence-electron chi connectivity index (χ1n) is 15.8. The molecular formula is C42H28NO6P. The molecule has 1 unspecified atom stereocenters. The fourth-order valence-electron chi connectivity index (χ4n) is 6.58. The lowest BCUT2D eigenvalue weighted by Crippen LogP contribution is -2.27. The SMILES string of the molecule is C=CC(=O)Oc1c(P2(=O)Oc3ccccc3-c3ccccc32)cc(OC(=O)C=C)c2c1c1cc(-c3ccccc3)ccc1n2-c1ccccc1. The van der Waals surface area contributed by atoms with Crippen LogP contribution in [0.2, 0.25) is 0 Å². The Kier molecular flexibility index (Phi) is 7.55. The van der Waals surface area contributed by atoms with Gasteiger partial charge in [-0.25, -0.2) is 9.59 Å². The predicted octanol–water partition coefficient (Wildman–Crippen LogP) is 8.92. The molecule has 7 aromatic rings. The average molecular weight is 674 g/mol. The average Bonchev–Trinajstić information content (AvgIpc) is 3.51. The maximum absolute atomic E-state index is 15.8. The molecule has 1 aliphatic heterocycles. The number of fused-ring (bicyclic) bond motifs is 6. The third-order valence-electron chi connectivity index (χ3n) is 8.74. The van der Waals surface area contributed by atoms with E-state index in [9.17, 15) is 9.59 Å². The van der Waals surface area contributed by atoms with Gasteiger partial charge in [-0.2, -0.15) is 0 Å². The summed E-state index contributed by atoms with van der Waals surface area (Å²) in [6.45, 7) is 7.25. The molecule has 0 saturated heterocycles. The molecule has 0 spiro atoms. The Morgan fingerprint density at radius 2 is 1.30 bits per heavy atom. The zero-order chi connectivity index (χ0) is 34.4. The predicted molar refractivity (Wildman–Crippen MR) is 197 cm³/mol. The van der Waals surface area contributed by atoms with Gasteiger partial charge in [0.05, 0.1) is 21.5 Å². The van der Waals surface area contributed by atoms with Crippen LogP contribution in [0.15, 0.2) is 159 Å². The van der Waals surface area contributed by atoms with E-state index in [1.807, 2.05) is 108 Å². The van der Waals surface area contributed by atoms with Gasteiger partial charge in [-0.15, -0.1) is 0 Å². The summed E-state index contributed by atoms with van der Waals surface area (Å²) in [4.78, 5) is 26.3. The van der Waals surface area contributed by atoms with Crippen molar-refractivity contribution in [3.8, 4) is 45.2 Å². The number of nitrogens with zero attached hydrogens (tertiary/aromatic N) is 1. The van der Waals surface area contributed by atoms with Gasteiger partial charge in [-0.1, -0.05) is 104 Å². The molecule has 0 amide bonds. The van der Waals surface area contributed by atoms with Crippen LogP contribution in [-0.4, -0.2) is 16.5 Å². The van der Waals surface area contributed by atoms with Gasteiger partial charge < -0.3 is 18.6 Å². The van der Waals surface area contributed by atoms with Gasteiger partial charge in [-0.3, -0.25) is 4.57 Å². The minimum absolute atomic E-state index is 0.00529. The lowest BCUT2D eigenvalue weighted by atomic mass is 10.0. The highest BCUT2D eigenvalue weighted by molar-refractivity contribution is 7.75. The molecule has 1 aromatic heterocycles. The zero-order valence-electron chi connectivity index (χ0n) is 26.6. The van der Waals surface area contributed by atoms with Crippen LogP contribution >= 0.6 is 7.37 Å². The van der Waals surface area contributed by atoms with Crippen molar-refractivity contribution < 1.29 is 28.2 Å². The molecule has 6 aromatic carbocycles. The van der Waals surface area contributed by atoms with Gasteiger partial charge in [0.25, 0.3) is 0 Å². The fraction of sp³-hybridized carbons (Fsp3) is 0. The number of hydrogen-bond acceptors (Lipinski definition) is 6. The normalized spacial score (nSPS) is 14.6. The lowest BCUT2D eigenvalue weighted by Gasteiger charge is -2.30. The number of benzene rings is 6. The van der Waals surface area contributed by atoms with E-state index >= 15 is 4.57 Å². The molecule has 0 saturated carbocycles. The number of ether oxygens (including phenoxy) is 2. The monoisotopic (exact) mass is 673 g/mol. The van der Waals surface area contributed by atoms with E-state index in [1.165, 1.54) is 6.07 Å². The van der Waals surface area contributed by atoms with Crippen LogP contribution in [0.4, 0.5) is 0 Å². The molecular weight excluding hydrogens is 645 g/mol. The van der Waals surface area contributed by atoms with Crippen molar-refractivity contribution in [3.63, 3.8) is 0 Å². The largest absolute Gasteiger partial charge is 0.436 e. The van der Waals surface area contributed by atoms with Gasteiger partial charge >= 0.3 is 19.3 Å². The summed E-state index contributed by atoms with van der Waals surface area (Å²) in [7, 11) is -4.12. The Bertz CT molecular complexity index is 2570. The van der Waals surface area contributed by atoms with E-state index in [0.29, 0.717) is 32.9 Å². The van der Waals surface area contributed by atoms with Crippen LogP contribution in [0.1, 0.15) is 0 Å². The highest BCUT2D eigenvalue weighted by Crippen LogP contribution is 2.57. The van der Waals surface area contributed by atoms with E-state index in [1.54, 1.807) is 24.3 Å². The molecule has 0 fully saturated rings. The number of hydrogen-bond donors (Lipinski definition) is 0. The molecule has 50 heavy (non-hydrogen) atoms. The van der Waals surface area contributed by atoms with Crippen molar-refractivity contribution in [2.24, 2.45) is 0 Å². The molecule has 8 heteroatoms. The second-order valence-electron chi connectivity index (χ2n) is 11.6. The summed E-state index contributed by atoms with van der Waals surface area (Å²) in [5, 5.41) is 1.52. The minimum atomic E-state index is -4.12. The number of esters is 2. The van der Waals surface area contributed by atoms with Crippen LogP contribution in [0.5, 0.6) is 17.2 Å². The molecule has 8 rings (SSSR count). The van der Waals surface area contributed by atoms with E-state index in [4.69, 9.17) is 14.0 Å². The Hall–Kier alpha value is -6.43. The first kappa shape index (κ1) is 30.9. The van der Waals surface area contributed by atoms with Crippen molar-refractivity contribution in [1.82, 2.24) is 4.57 Å². The first-order valence-corrected chi connectivity index (χ1v) is 17.5. The summed E-state index contributed by atoms with van der Waals surface area (Å²) in [6, 6.07) is 41.4. The molecule has 1 atom stereocenters. The summed E-state index contributed by atoms with van der Waals surface area (Å²) in [5.41, 5.74) is 5.23. The maximum atomic E-state index is 15.8.